The predicted molar refractivity (Wildman–Crippen MR) is 71.5 cm³/mol. The molecule has 19 heavy (non-hydrogen) atoms. The van der Waals surface area contributed by atoms with Gasteiger partial charge in [0.25, 0.3) is 0 Å². The second kappa shape index (κ2) is 5.45. The maximum Gasteiger partial charge on any atom is 0.202 e. The maximum absolute atomic E-state index is 12.9. The van der Waals surface area contributed by atoms with Gasteiger partial charge in [-0.1, -0.05) is 11.6 Å². The average Bonchev–Trinajstić information content (AvgIpc) is 2.67. The highest BCUT2D eigenvalue weighted by atomic mass is 35.5. The zero-order valence-electron chi connectivity index (χ0n) is 10.6. The van der Waals surface area contributed by atoms with E-state index in [-0.39, 0.29) is 17.4 Å². The van der Waals surface area contributed by atoms with Crippen LogP contribution in [0.2, 0.25) is 5.02 Å². The quantitative estimate of drug-likeness (QED) is 0.869. The highest BCUT2D eigenvalue weighted by molar-refractivity contribution is 6.32. The van der Waals surface area contributed by atoms with E-state index in [2.05, 4.69) is 4.98 Å². The van der Waals surface area contributed by atoms with Crippen LogP contribution in [-0.2, 0) is 0 Å². The zero-order valence-corrected chi connectivity index (χ0v) is 11.3. The summed E-state index contributed by atoms with van der Waals surface area (Å²) in [6, 6.07) is 5.55. The van der Waals surface area contributed by atoms with Crippen molar-refractivity contribution in [2.24, 2.45) is 0 Å². The molecule has 0 spiro atoms. The van der Waals surface area contributed by atoms with Crippen LogP contribution in [0.4, 0.5) is 4.39 Å². The molecule has 0 aliphatic heterocycles. The van der Waals surface area contributed by atoms with Crippen LogP contribution in [0.3, 0.4) is 0 Å². The Balaban J connectivity index is 2.06. The van der Waals surface area contributed by atoms with Crippen LogP contribution in [0.25, 0.3) is 0 Å². The van der Waals surface area contributed by atoms with E-state index in [4.69, 9.17) is 16.3 Å². The lowest BCUT2D eigenvalue weighted by atomic mass is 10.1. The first kappa shape index (κ1) is 13.6. The molecule has 2 rings (SSSR count). The molecule has 2 aromatic rings. The number of aromatic amines is 1. The molecule has 1 aromatic carbocycles. The van der Waals surface area contributed by atoms with Gasteiger partial charge in [-0.25, -0.2) is 4.39 Å². The van der Waals surface area contributed by atoms with Crippen molar-refractivity contribution in [3.8, 4) is 5.75 Å². The van der Waals surface area contributed by atoms with Crippen molar-refractivity contribution in [3.05, 3.63) is 52.1 Å². The fraction of sp³-hybridized carbons (Fsp3) is 0.214. The minimum atomic E-state index is -0.444. The number of Topliss-reactive ketones (excluding diaryl/α,β-unsaturated/α-hetero) is 1. The maximum atomic E-state index is 12.9. The highest BCUT2D eigenvalue weighted by Crippen LogP contribution is 2.25. The van der Waals surface area contributed by atoms with E-state index in [1.165, 1.54) is 12.1 Å². The standard InChI is InChI=1S/C14H13ClFNO2/c1-8-5-11(9(2)17-8)13(18)7-19-14-4-3-10(16)6-12(14)15/h3-6,17H,7H2,1-2H3. The first-order valence-corrected chi connectivity index (χ1v) is 6.12. The second-order valence-corrected chi connectivity index (χ2v) is 4.68. The Morgan fingerprint density at radius 3 is 2.68 bits per heavy atom. The van der Waals surface area contributed by atoms with E-state index in [1.54, 1.807) is 6.07 Å². The highest BCUT2D eigenvalue weighted by Gasteiger charge is 2.13. The molecule has 0 radical (unpaired) electrons. The predicted octanol–water partition coefficient (Wildman–Crippen LogP) is 3.69. The normalized spacial score (nSPS) is 10.5. The SMILES string of the molecule is Cc1cc(C(=O)COc2ccc(F)cc2Cl)c(C)[nH]1. The molecule has 100 valence electrons. The third-order valence-corrected chi connectivity index (χ3v) is 3.00. The van der Waals surface area contributed by atoms with Crippen LogP contribution in [0.1, 0.15) is 21.7 Å². The summed E-state index contributed by atoms with van der Waals surface area (Å²) in [6.07, 6.45) is 0. The minimum absolute atomic E-state index is 0.135. The Bertz CT molecular complexity index is 622. The summed E-state index contributed by atoms with van der Waals surface area (Å²) >= 11 is 5.81. The summed E-state index contributed by atoms with van der Waals surface area (Å²) in [4.78, 5) is 15.0. The summed E-state index contributed by atoms with van der Waals surface area (Å²) in [7, 11) is 0. The number of H-pyrrole nitrogens is 1. The number of nitrogens with one attached hydrogen (secondary N) is 1. The van der Waals surface area contributed by atoms with Gasteiger partial charge in [0.15, 0.2) is 6.61 Å². The number of ketones is 1. The van der Waals surface area contributed by atoms with E-state index < -0.39 is 5.82 Å². The van der Waals surface area contributed by atoms with E-state index in [9.17, 15) is 9.18 Å². The molecule has 1 aromatic heterocycles. The van der Waals surface area contributed by atoms with Crippen molar-refractivity contribution in [3.63, 3.8) is 0 Å². The van der Waals surface area contributed by atoms with Gasteiger partial charge in [-0.15, -0.1) is 0 Å². The molecule has 0 saturated carbocycles. The molecular formula is C14H13ClFNO2. The molecule has 0 fully saturated rings. The third-order valence-electron chi connectivity index (χ3n) is 2.70. The molecular weight excluding hydrogens is 269 g/mol. The lowest BCUT2D eigenvalue weighted by Crippen LogP contribution is -2.12. The van der Waals surface area contributed by atoms with E-state index in [1.807, 2.05) is 13.8 Å². The van der Waals surface area contributed by atoms with Crippen LogP contribution in [0.15, 0.2) is 24.3 Å². The van der Waals surface area contributed by atoms with E-state index in [0.717, 1.165) is 17.5 Å². The average molecular weight is 282 g/mol. The lowest BCUT2D eigenvalue weighted by molar-refractivity contribution is 0.0921. The van der Waals surface area contributed by atoms with Gasteiger partial charge in [-0.2, -0.15) is 0 Å². The van der Waals surface area contributed by atoms with E-state index >= 15 is 0 Å². The molecule has 0 aliphatic rings. The van der Waals surface area contributed by atoms with Gasteiger partial charge in [-0.3, -0.25) is 4.79 Å². The minimum Gasteiger partial charge on any atom is -0.484 e. The molecule has 0 unspecified atom stereocenters. The van der Waals surface area contributed by atoms with Crippen LogP contribution in [0, 0.1) is 19.7 Å². The first-order valence-electron chi connectivity index (χ1n) is 5.74. The van der Waals surface area contributed by atoms with Crippen molar-refractivity contribution >= 4 is 17.4 Å². The molecule has 0 saturated heterocycles. The van der Waals surface area contributed by atoms with E-state index in [0.29, 0.717) is 11.3 Å². The Labute approximate surface area is 115 Å². The number of carbonyl (C=O) groups excluding carboxylic acids is 1. The van der Waals surface area contributed by atoms with Crippen LogP contribution in [0.5, 0.6) is 5.75 Å². The van der Waals surface area contributed by atoms with Crippen molar-refractivity contribution in [1.29, 1.82) is 0 Å². The number of ether oxygens (including phenoxy) is 1. The smallest absolute Gasteiger partial charge is 0.202 e. The van der Waals surface area contributed by atoms with Gasteiger partial charge >= 0.3 is 0 Å². The summed E-state index contributed by atoms with van der Waals surface area (Å²) in [5.74, 6) is -0.302. The van der Waals surface area contributed by atoms with Gasteiger partial charge < -0.3 is 9.72 Å². The molecule has 0 bridgehead atoms. The number of benzene rings is 1. The number of halogens is 2. The van der Waals surface area contributed by atoms with Gasteiger partial charge in [0.05, 0.1) is 5.02 Å². The van der Waals surface area contributed by atoms with Crippen LogP contribution in [-0.4, -0.2) is 17.4 Å². The van der Waals surface area contributed by atoms with Crippen molar-refractivity contribution in [2.75, 3.05) is 6.61 Å². The van der Waals surface area contributed by atoms with Gasteiger partial charge in [-0.05, 0) is 38.1 Å². The zero-order chi connectivity index (χ0) is 14.0. The van der Waals surface area contributed by atoms with Crippen molar-refractivity contribution in [2.45, 2.75) is 13.8 Å². The number of rotatable bonds is 4. The number of carbonyl (C=O) groups is 1. The Morgan fingerprint density at radius 1 is 1.37 bits per heavy atom. The Morgan fingerprint density at radius 2 is 2.11 bits per heavy atom. The summed E-state index contributed by atoms with van der Waals surface area (Å²) in [5, 5.41) is 0.148. The first-order chi connectivity index (χ1) is 8.97. The lowest BCUT2D eigenvalue weighted by Gasteiger charge is -2.07. The molecule has 1 N–H and O–H groups in total. The fourth-order valence-electron chi connectivity index (χ4n) is 1.83. The van der Waals surface area contributed by atoms with Crippen LogP contribution >= 0.6 is 11.6 Å². The Hall–Kier alpha value is -1.81. The number of aromatic nitrogens is 1. The molecule has 5 heteroatoms. The molecule has 3 nitrogen and oxygen atoms in total. The summed E-state index contributed by atoms with van der Waals surface area (Å²) < 4.78 is 18.2. The topological polar surface area (TPSA) is 42.1 Å². The monoisotopic (exact) mass is 281 g/mol. The summed E-state index contributed by atoms with van der Waals surface area (Å²) in [6.45, 7) is 3.57. The summed E-state index contributed by atoms with van der Waals surface area (Å²) in [5.41, 5.74) is 2.31. The second-order valence-electron chi connectivity index (χ2n) is 4.28. The fourth-order valence-corrected chi connectivity index (χ4v) is 2.05. The Kier molecular flexibility index (Phi) is 3.90. The van der Waals surface area contributed by atoms with Gasteiger partial charge in [0.2, 0.25) is 5.78 Å². The largest absolute Gasteiger partial charge is 0.484 e. The number of hydrogen-bond donors (Lipinski definition) is 1. The van der Waals surface area contributed by atoms with Crippen molar-refractivity contribution in [1.82, 2.24) is 4.98 Å². The van der Waals surface area contributed by atoms with Gasteiger partial charge in [0.1, 0.15) is 11.6 Å². The van der Waals surface area contributed by atoms with Gasteiger partial charge in [0, 0.05) is 17.0 Å². The molecule has 0 atom stereocenters. The molecule has 0 amide bonds. The van der Waals surface area contributed by atoms with Crippen molar-refractivity contribution < 1.29 is 13.9 Å². The number of aryl methyl sites for hydroxylation is 2. The molecule has 1 heterocycles. The van der Waals surface area contributed by atoms with Crippen LogP contribution < -0.4 is 4.74 Å². The number of hydrogen-bond acceptors (Lipinski definition) is 2. The third kappa shape index (κ3) is 3.15. The molecule has 0 aliphatic carbocycles.